The summed E-state index contributed by atoms with van der Waals surface area (Å²) in [7, 11) is 1.63. The zero-order valence-electron chi connectivity index (χ0n) is 28.9. The molecule has 49 heavy (non-hydrogen) atoms. The highest BCUT2D eigenvalue weighted by Crippen LogP contribution is 2.12. The number of carbonyl (C=O) groups excluding carboxylic acids is 2. The lowest BCUT2D eigenvalue weighted by Gasteiger charge is -2.36. The molecule has 2 aromatic rings. The summed E-state index contributed by atoms with van der Waals surface area (Å²) < 4.78 is 32.0. The second-order valence-electron chi connectivity index (χ2n) is 11.6. The summed E-state index contributed by atoms with van der Waals surface area (Å²) >= 11 is 0. The van der Waals surface area contributed by atoms with Crippen LogP contribution in [-0.2, 0) is 62.1 Å². The summed E-state index contributed by atoms with van der Waals surface area (Å²) in [6.45, 7) is 6.22. The Labute approximate surface area is 290 Å². The average Bonchev–Trinajstić information content (AvgIpc) is 3.13. The van der Waals surface area contributed by atoms with Crippen molar-refractivity contribution < 1.29 is 48.0 Å². The van der Waals surface area contributed by atoms with E-state index < -0.39 is 6.41 Å². The molecule has 2 amide bonds. The molecule has 1 heterocycles. The molecule has 0 radical (unpaired) electrons. The van der Waals surface area contributed by atoms with E-state index in [0.29, 0.717) is 92.2 Å². The lowest BCUT2D eigenvalue weighted by molar-refractivity contribution is -0.231. The Bertz CT molecular complexity index is 1130. The molecule has 2 N–H and O–H groups in total. The van der Waals surface area contributed by atoms with E-state index in [1.54, 1.807) is 16.9 Å². The lowest BCUT2D eigenvalue weighted by Crippen LogP contribution is -2.54. The average molecular weight is 690 g/mol. The Morgan fingerprint density at radius 1 is 0.673 bits per heavy atom. The van der Waals surface area contributed by atoms with Crippen molar-refractivity contribution in [2.45, 2.75) is 38.5 Å². The van der Waals surface area contributed by atoms with Crippen LogP contribution in [0.25, 0.3) is 0 Å². The molecule has 0 bridgehead atoms. The zero-order valence-corrected chi connectivity index (χ0v) is 28.9. The third-order valence-electron chi connectivity index (χ3n) is 7.81. The highest BCUT2D eigenvalue weighted by Gasteiger charge is 2.26. The van der Waals surface area contributed by atoms with Gasteiger partial charge < -0.3 is 38.4 Å². The number of ether oxygens (including phenoxy) is 6. The molecule has 1 saturated heterocycles. The summed E-state index contributed by atoms with van der Waals surface area (Å²) in [4.78, 5) is 33.4. The van der Waals surface area contributed by atoms with Gasteiger partial charge in [0, 0.05) is 33.3 Å². The number of aliphatic hydroxyl groups excluding tert-OH is 1. The number of benzene rings is 2. The number of aliphatic hydroxyl groups is 1. The van der Waals surface area contributed by atoms with Gasteiger partial charge in [0.15, 0.2) is 0 Å². The molecule has 0 saturated carbocycles. The highest BCUT2D eigenvalue weighted by atomic mass is 16.7. The van der Waals surface area contributed by atoms with Crippen LogP contribution in [-0.4, -0.2) is 139 Å². The number of carbonyl (C=O) groups is 2. The number of rotatable bonds is 27. The molecule has 3 rings (SSSR count). The molecule has 13 nitrogen and oxygen atoms in total. The Morgan fingerprint density at radius 2 is 1.16 bits per heavy atom. The van der Waals surface area contributed by atoms with Crippen molar-refractivity contribution in [2.75, 3.05) is 106 Å². The van der Waals surface area contributed by atoms with Crippen LogP contribution >= 0.6 is 0 Å². The van der Waals surface area contributed by atoms with Gasteiger partial charge in [-0.3, -0.25) is 14.5 Å². The summed E-state index contributed by atoms with van der Waals surface area (Å²) in [5.41, 5.74) is 5.82. The first-order valence-electron chi connectivity index (χ1n) is 17.2. The van der Waals surface area contributed by atoms with Crippen LogP contribution < -0.4 is 5.48 Å². The summed E-state index contributed by atoms with van der Waals surface area (Å²) in [6, 6.07) is 18.5. The Balaban J connectivity index is 1.13. The van der Waals surface area contributed by atoms with E-state index in [-0.39, 0.29) is 24.8 Å². The van der Waals surface area contributed by atoms with Crippen LogP contribution in [0.5, 0.6) is 0 Å². The van der Waals surface area contributed by atoms with Gasteiger partial charge >= 0.3 is 0 Å². The predicted molar refractivity (Wildman–Crippen MR) is 183 cm³/mol. The number of hydrogen-bond acceptors (Lipinski definition) is 11. The topological polar surface area (TPSA) is 137 Å². The van der Waals surface area contributed by atoms with Gasteiger partial charge in [0.1, 0.15) is 6.61 Å². The van der Waals surface area contributed by atoms with Gasteiger partial charge in [-0.05, 0) is 42.4 Å². The maximum absolute atomic E-state index is 12.5. The smallest absolute Gasteiger partial charge is 0.248 e. The third kappa shape index (κ3) is 18.5. The van der Waals surface area contributed by atoms with Crippen molar-refractivity contribution in [2.24, 2.45) is 0 Å². The van der Waals surface area contributed by atoms with E-state index in [4.69, 9.17) is 33.3 Å². The Kier molecular flexibility index (Phi) is 21.4. The van der Waals surface area contributed by atoms with Crippen LogP contribution in [0, 0.1) is 0 Å². The van der Waals surface area contributed by atoms with Gasteiger partial charge in [-0.25, -0.2) is 10.3 Å². The molecular formula is C36H55N3O10. The molecule has 1 aliphatic heterocycles. The molecule has 1 atom stereocenters. The minimum atomic E-state index is -1.31. The standard InChI is InChI=1S/C36H55N3O10/c1-43-19-20-44-21-22-45-23-24-46-25-26-47-27-28-48-30-35(41)38-15-17-39(18-16-38)36(42)49-37-34(40)29-33-13-11-32(12-14-33)10-6-5-9-31-7-3-2-4-8-31/h2-4,7-8,11-14,36,42H,5-6,9-10,15-30H2,1H3,(H,37,40). The number of methoxy groups -OCH3 is 1. The van der Waals surface area contributed by atoms with E-state index in [9.17, 15) is 14.7 Å². The molecular weight excluding hydrogens is 634 g/mol. The molecule has 0 spiro atoms. The van der Waals surface area contributed by atoms with Crippen LogP contribution in [0.3, 0.4) is 0 Å². The monoisotopic (exact) mass is 689 g/mol. The molecule has 2 aromatic carbocycles. The number of unbranched alkanes of at least 4 members (excludes halogenated alkanes) is 1. The first-order chi connectivity index (χ1) is 24.0. The van der Waals surface area contributed by atoms with Gasteiger partial charge in [0.25, 0.3) is 0 Å². The first-order valence-corrected chi connectivity index (χ1v) is 17.2. The zero-order chi connectivity index (χ0) is 34.8. The summed E-state index contributed by atoms with van der Waals surface area (Å²) in [6.07, 6.45) is 3.15. The Hall–Kier alpha value is -2.98. The molecule has 1 unspecified atom stereocenters. The van der Waals surface area contributed by atoms with Crippen LogP contribution in [0.1, 0.15) is 29.5 Å². The number of nitrogens with zero attached hydrogens (tertiary/aromatic N) is 2. The van der Waals surface area contributed by atoms with Gasteiger partial charge in [-0.1, -0.05) is 54.6 Å². The van der Waals surface area contributed by atoms with Gasteiger partial charge in [0.2, 0.25) is 18.2 Å². The fourth-order valence-electron chi connectivity index (χ4n) is 5.01. The number of piperazine rings is 1. The first kappa shape index (κ1) is 40.4. The Morgan fingerprint density at radius 3 is 1.71 bits per heavy atom. The fourth-order valence-corrected chi connectivity index (χ4v) is 5.01. The predicted octanol–water partition coefficient (Wildman–Crippen LogP) is 1.99. The van der Waals surface area contributed by atoms with Crippen LogP contribution in [0.15, 0.2) is 54.6 Å². The molecule has 13 heteroatoms. The van der Waals surface area contributed by atoms with E-state index in [0.717, 1.165) is 31.2 Å². The molecule has 1 fully saturated rings. The normalized spacial score (nSPS) is 14.2. The van der Waals surface area contributed by atoms with Gasteiger partial charge in [-0.15, -0.1) is 0 Å². The summed E-state index contributed by atoms with van der Waals surface area (Å²) in [5.74, 6) is -0.479. The lowest BCUT2D eigenvalue weighted by atomic mass is 10.0. The van der Waals surface area contributed by atoms with E-state index >= 15 is 0 Å². The van der Waals surface area contributed by atoms with E-state index in [1.165, 1.54) is 11.1 Å². The minimum absolute atomic E-state index is 0.0449. The van der Waals surface area contributed by atoms with Crippen molar-refractivity contribution in [3.8, 4) is 0 Å². The van der Waals surface area contributed by atoms with Crippen LogP contribution in [0.4, 0.5) is 0 Å². The quantitative estimate of drug-likeness (QED) is 0.0810. The van der Waals surface area contributed by atoms with Crippen LogP contribution in [0.2, 0.25) is 0 Å². The number of amides is 2. The van der Waals surface area contributed by atoms with Gasteiger partial charge in [0.05, 0.1) is 72.5 Å². The SMILES string of the molecule is COCCOCCOCCOCCOCCOCC(=O)N1CCN(C(O)ONC(=O)Cc2ccc(CCCCc3ccccc3)cc2)CC1. The van der Waals surface area contributed by atoms with Crippen molar-refractivity contribution in [3.05, 3.63) is 71.3 Å². The van der Waals surface area contributed by atoms with Crippen molar-refractivity contribution in [3.63, 3.8) is 0 Å². The minimum Gasteiger partial charge on any atom is -0.382 e. The van der Waals surface area contributed by atoms with Crippen molar-refractivity contribution in [1.82, 2.24) is 15.3 Å². The fraction of sp³-hybridized carbons (Fsp3) is 0.611. The largest absolute Gasteiger partial charge is 0.382 e. The number of aryl methyl sites for hydroxylation is 2. The highest BCUT2D eigenvalue weighted by molar-refractivity contribution is 5.78. The second kappa shape index (κ2) is 25.9. The maximum Gasteiger partial charge on any atom is 0.248 e. The van der Waals surface area contributed by atoms with Crippen molar-refractivity contribution >= 4 is 11.8 Å². The number of hydrogen-bond donors (Lipinski definition) is 2. The molecule has 0 aromatic heterocycles. The number of nitrogens with one attached hydrogen (secondary N) is 1. The summed E-state index contributed by atoms with van der Waals surface area (Å²) in [5, 5.41) is 10.4. The third-order valence-corrected chi connectivity index (χ3v) is 7.81. The second-order valence-corrected chi connectivity index (χ2v) is 11.6. The molecule has 0 aliphatic carbocycles. The van der Waals surface area contributed by atoms with E-state index in [2.05, 4.69) is 41.9 Å². The molecule has 1 aliphatic rings. The van der Waals surface area contributed by atoms with E-state index in [1.807, 2.05) is 18.2 Å². The maximum atomic E-state index is 12.5. The molecule has 274 valence electrons. The number of hydroxylamine groups is 1. The van der Waals surface area contributed by atoms with Crippen molar-refractivity contribution in [1.29, 1.82) is 0 Å². The van der Waals surface area contributed by atoms with Gasteiger partial charge in [-0.2, -0.15) is 0 Å².